The Morgan fingerprint density at radius 1 is 0.867 bits per heavy atom. The van der Waals surface area contributed by atoms with E-state index in [1.165, 1.54) is 12.1 Å². The summed E-state index contributed by atoms with van der Waals surface area (Å²) in [6, 6.07) is 15.0. The van der Waals surface area contributed by atoms with Crippen LogP contribution in [0.3, 0.4) is 0 Å². The van der Waals surface area contributed by atoms with E-state index in [2.05, 4.69) is 0 Å². The molecule has 0 amide bonds. The smallest absolute Gasteiger partial charge is 0.207 e. The molecular weight excluding hydrogens is 210 g/mol. The lowest BCUT2D eigenvalue weighted by molar-refractivity contribution is 0.597. The van der Waals surface area contributed by atoms with E-state index in [4.69, 9.17) is 0 Å². The maximum absolute atomic E-state index is 12.9. The summed E-state index contributed by atoms with van der Waals surface area (Å²) >= 11 is 0. The van der Waals surface area contributed by atoms with E-state index in [1.807, 2.05) is 18.2 Å². The zero-order valence-corrected chi connectivity index (χ0v) is 8.82. The molecule has 0 aliphatic rings. The first kappa shape index (κ1) is 10.0. The average molecular weight is 219 g/mol. The summed E-state index contributed by atoms with van der Waals surface area (Å²) in [5, 5.41) is 1.24. The summed E-state index contributed by atoms with van der Waals surface area (Å²) in [6.45, 7) is 0. The predicted molar refractivity (Wildman–Crippen MR) is 59.7 cm³/mol. The van der Waals surface area contributed by atoms with Crippen LogP contribution in [0.5, 0.6) is 0 Å². The molecule has 15 heavy (non-hydrogen) atoms. The van der Waals surface area contributed by atoms with Gasteiger partial charge in [0.05, 0.1) is 0 Å². The molecule has 74 valence electrons. The average Bonchev–Trinajstić information content (AvgIpc) is 2.29. The first-order valence-electron chi connectivity index (χ1n) is 4.55. The lowest BCUT2D eigenvalue weighted by Gasteiger charge is -1.89. The highest BCUT2D eigenvalue weighted by Crippen LogP contribution is 2.19. The summed E-state index contributed by atoms with van der Waals surface area (Å²) in [4.78, 5) is 0. The maximum Gasteiger partial charge on any atom is 0.415 e. The van der Waals surface area contributed by atoms with Gasteiger partial charge in [-0.2, -0.15) is 0 Å². The largest absolute Gasteiger partial charge is 0.415 e. The lowest BCUT2D eigenvalue weighted by Crippen LogP contribution is -2.06. The molecule has 1 nitrogen and oxygen atoms in total. The molecule has 0 radical (unpaired) electrons. The van der Waals surface area contributed by atoms with E-state index in [9.17, 15) is 8.96 Å². The Bertz CT molecular complexity index is 482. The van der Waals surface area contributed by atoms with Gasteiger partial charge >= 0.3 is 7.80 Å². The Hall–Kier alpha value is -1.53. The summed E-state index contributed by atoms with van der Waals surface area (Å²) < 4.78 is 24.9. The van der Waals surface area contributed by atoms with E-state index in [1.54, 1.807) is 24.3 Å². The first-order chi connectivity index (χ1) is 7.27. The molecule has 2 rings (SSSR count). The van der Waals surface area contributed by atoms with Crippen LogP contribution in [0.1, 0.15) is 0 Å². The fourth-order valence-corrected chi connectivity index (χ4v) is 2.52. The Labute approximate surface area is 88.4 Å². The molecule has 0 aliphatic carbocycles. The van der Waals surface area contributed by atoms with Crippen molar-refractivity contribution in [2.45, 2.75) is 0 Å². The van der Waals surface area contributed by atoms with Crippen molar-refractivity contribution in [2.24, 2.45) is 0 Å². The second kappa shape index (κ2) is 4.33. The number of rotatable bonds is 2. The van der Waals surface area contributed by atoms with Gasteiger partial charge in [-0.25, -0.2) is 4.39 Å². The SMILES string of the molecule is O=[P+](c1ccccc1)c1cccc(F)c1. The molecule has 0 saturated heterocycles. The Morgan fingerprint density at radius 2 is 1.53 bits per heavy atom. The maximum atomic E-state index is 12.9. The molecule has 2 aromatic carbocycles. The number of halogens is 1. The normalized spacial score (nSPS) is 11.1. The fourth-order valence-electron chi connectivity index (χ4n) is 1.31. The number of hydrogen-bond donors (Lipinski definition) is 0. The van der Waals surface area contributed by atoms with Gasteiger partial charge in [0.25, 0.3) is 0 Å². The molecule has 0 spiro atoms. The van der Waals surface area contributed by atoms with Crippen molar-refractivity contribution >= 4 is 18.4 Å². The van der Waals surface area contributed by atoms with Gasteiger partial charge in [0.15, 0.2) is 10.6 Å². The van der Waals surface area contributed by atoms with Crippen LogP contribution < -0.4 is 10.6 Å². The van der Waals surface area contributed by atoms with E-state index < -0.39 is 7.80 Å². The highest BCUT2D eigenvalue weighted by atomic mass is 31.1. The third kappa shape index (κ3) is 2.28. The van der Waals surface area contributed by atoms with E-state index in [-0.39, 0.29) is 5.82 Å². The van der Waals surface area contributed by atoms with Crippen molar-refractivity contribution in [3.05, 3.63) is 60.4 Å². The minimum absolute atomic E-state index is 0.355. The van der Waals surface area contributed by atoms with Crippen LogP contribution in [0.25, 0.3) is 0 Å². The van der Waals surface area contributed by atoms with Gasteiger partial charge in [0.2, 0.25) is 0 Å². The standard InChI is InChI=1S/C12H9FOP/c13-10-5-4-8-12(9-10)15(14)11-6-2-1-3-7-11/h1-9H/q+1. The Balaban J connectivity index is 2.37. The zero-order valence-electron chi connectivity index (χ0n) is 7.93. The van der Waals surface area contributed by atoms with Crippen LogP contribution in [0, 0.1) is 5.82 Å². The quantitative estimate of drug-likeness (QED) is 0.709. The molecular formula is C12H9FOP+. The van der Waals surface area contributed by atoms with Crippen molar-refractivity contribution in [1.29, 1.82) is 0 Å². The van der Waals surface area contributed by atoms with Crippen LogP contribution in [-0.4, -0.2) is 0 Å². The van der Waals surface area contributed by atoms with Crippen LogP contribution in [0.4, 0.5) is 4.39 Å². The van der Waals surface area contributed by atoms with Crippen LogP contribution in [0.15, 0.2) is 54.6 Å². The monoisotopic (exact) mass is 219 g/mol. The zero-order chi connectivity index (χ0) is 10.7. The van der Waals surface area contributed by atoms with Crippen molar-refractivity contribution in [3.8, 4) is 0 Å². The fraction of sp³-hybridized carbons (Fsp3) is 0. The molecule has 0 bridgehead atoms. The van der Waals surface area contributed by atoms with Crippen LogP contribution in [0.2, 0.25) is 0 Å². The second-order valence-electron chi connectivity index (χ2n) is 3.11. The molecule has 0 heterocycles. The molecule has 1 unspecified atom stereocenters. The van der Waals surface area contributed by atoms with Gasteiger partial charge in [-0.1, -0.05) is 28.8 Å². The third-order valence-corrected chi connectivity index (χ3v) is 3.55. The summed E-state index contributed by atoms with van der Waals surface area (Å²) in [5.74, 6) is -0.355. The summed E-state index contributed by atoms with van der Waals surface area (Å²) in [5.41, 5.74) is 0. The Morgan fingerprint density at radius 3 is 2.20 bits per heavy atom. The topological polar surface area (TPSA) is 17.1 Å². The van der Waals surface area contributed by atoms with Gasteiger partial charge < -0.3 is 0 Å². The first-order valence-corrected chi connectivity index (χ1v) is 5.81. The molecule has 3 heteroatoms. The van der Waals surface area contributed by atoms with E-state index >= 15 is 0 Å². The highest BCUT2D eigenvalue weighted by molar-refractivity contribution is 7.61. The molecule has 1 atom stereocenters. The van der Waals surface area contributed by atoms with Gasteiger partial charge in [0, 0.05) is 6.07 Å². The van der Waals surface area contributed by atoms with E-state index in [0.717, 1.165) is 5.30 Å². The van der Waals surface area contributed by atoms with Crippen molar-refractivity contribution in [2.75, 3.05) is 0 Å². The van der Waals surface area contributed by atoms with Gasteiger partial charge in [-0.3, -0.25) is 0 Å². The summed E-state index contributed by atoms with van der Waals surface area (Å²) in [7, 11) is -1.68. The summed E-state index contributed by atoms with van der Waals surface area (Å²) in [6.07, 6.45) is 0. The van der Waals surface area contributed by atoms with Gasteiger partial charge in [-0.05, 0) is 24.3 Å². The predicted octanol–water partition coefficient (Wildman–Crippen LogP) is 2.60. The lowest BCUT2D eigenvalue weighted by atomic mass is 10.3. The van der Waals surface area contributed by atoms with Crippen molar-refractivity contribution in [1.82, 2.24) is 0 Å². The minimum atomic E-state index is -1.68. The molecule has 0 saturated carbocycles. The van der Waals surface area contributed by atoms with Crippen LogP contribution >= 0.6 is 7.80 Å². The molecule has 0 fully saturated rings. The molecule has 2 aromatic rings. The highest BCUT2D eigenvalue weighted by Gasteiger charge is 2.22. The molecule has 0 N–H and O–H groups in total. The second-order valence-corrected chi connectivity index (χ2v) is 4.73. The van der Waals surface area contributed by atoms with Gasteiger partial charge in [-0.15, -0.1) is 0 Å². The minimum Gasteiger partial charge on any atom is -0.207 e. The Kier molecular flexibility index (Phi) is 2.89. The number of benzene rings is 2. The van der Waals surface area contributed by atoms with E-state index in [0.29, 0.717) is 5.30 Å². The van der Waals surface area contributed by atoms with Crippen LogP contribution in [-0.2, 0) is 4.57 Å². The molecule has 0 aromatic heterocycles. The molecule has 0 aliphatic heterocycles. The van der Waals surface area contributed by atoms with Crippen molar-refractivity contribution < 1.29 is 8.96 Å². The van der Waals surface area contributed by atoms with Gasteiger partial charge in [0.1, 0.15) is 5.82 Å². The third-order valence-electron chi connectivity index (χ3n) is 2.03. The van der Waals surface area contributed by atoms with Crippen molar-refractivity contribution in [3.63, 3.8) is 0 Å². The number of hydrogen-bond acceptors (Lipinski definition) is 1.